The fourth-order valence-corrected chi connectivity index (χ4v) is 4.59. The predicted octanol–water partition coefficient (Wildman–Crippen LogP) is 1.06. The molecular weight excluding hydrogens is 264 g/mol. The molecule has 0 amide bonds. The molecule has 1 heterocycles. The lowest BCUT2D eigenvalue weighted by atomic mass is 9.88. The third-order valence-corrected chi connectivity index (χ3v) is 5.48. The number of ether oxygens (including phenoxy) is 1. The molecule has 2 fully saturated rings. The maximum atomic E-state index is 10.4. The Hall–Kier alpha value is -0.590. The van der Waals surface area contributed by atoms with Crippen LogP contribution in [0.4, 0.5) is 0 Å². The zero-order valence-electron chi connectivity index (χ0n) is 10.6. The molecule has 6 atom stereocenters. The van der Waals surface area contributed by atoms with Crippen LogP contribution in [0.15, 0.2) is 35.2 Å². The van der Waals surface area contributed by atoms with Crippen molar-refractivity contribution in [3.8, 4) is 0 Å². The summed E-state index contributed by atoms with van der Waals surface area (Å²) in [6.07, 6.45) is -0.721. The van der Waals surface area contributed by atoms with E-state index in [1.807, 2.05) is 37.3 Å². The van der Waals surface area contributed by atoms with E-state index in [9.17, 15) is 15.3 Å². The van der Waals surface area contributed by atoms with Crippen molar-refractivity contribution in [2.24, 2.45) is 17.8 Å². The quantitative estimate of drug-likeness (QED) is 0.773. The summed E-state index contributed by atoms with van der Waals surface area (Å²) in [5.41, 5.74) is -0.173. The van der Waals surface area contributed by atoms with Crippen LogP contribution in [-0.2, 0) is 4.74 Å². The molecule has 104 valence electrons. The normalized spacial score (nSPS) is 44.7. The van der Waals surface area contributed by atoms with Gasteiger partial charge in [0.1, 0.15) is 5.44 Å². The predicted molar refractivity (Wildman–Crippen MR) is 71.4 cm³/mol. The van der Waals surface area contributed by atoms with Crippen LogP contribution in [-0.4, -0.2) is 39.3 Å². The lowest BCUT2D eigenvalue weighted by Crippen LogP contribution is -2.60. The van der Waals surface area contributed by atoms with E-state index in [0.29, 0.717) is 0 Å². The van der Waals surface area contributed by atoms with Crippen LogP contribution in [0.25, 0.3) is 0 Å². The summed E-state index contributed by atoms with van der Waals surface area (Å²) in [5.74, 6) is -2.22. The fourth-order valence-electron chi connectivity index (χ4n) is 3.21. The zero-order valence-corrected chi connectivity index (χ0v) is 11.5. The number of hydrogen-bond donors (Lipinski definition) is 3. The van der Waals surface area contributed by atoms with Gasteiger partial charge in [0.05, 0.1) is 24.5 Å². The summed E-state index contributed by atoms with van der Waals surface area (Å²) in [7, 11) is 0. The minimum Gasteiger partial charge on any atom is -0.396 e. The van der Waals surface area contributed by atoms with Crippen molar-refractivity contribution in [3.05, 3.63) is 30.3 Å². The fraction of sp³-hybridized carbons (Fsp3) is 0.571. The van der Waals surface area contributed by atoms with E-state index in [0.717, 1.165) is 4.90 Å². The van der Waals surface area contributed by atoms with E-state index in [1.165, 1.54) is 0 Å². The molecule has 1 aromatic rings. The lowest BCUT2D eigenvalue weighted by molar-refractivity contribution is -0.353. The molecular formula is C14H18O4S. The first-order chi connectivity index (χ1) is 9.08. The van der Waals surface area contributed by atoms with Gasteiger partial charge in [-0.05, 0) is 18.1 Å². The Labute approximate surface area is 116 Å². The second-order valence-corrected chi connectivity index (χ2v) is 6.51. The molecule has 1 aromatic carbocycles. The van der Waals surface area contributed by atoms with Gasteiger partial charge < -0.3 is 20.1 Å². The van der Waals surface area contributed by atoms with Crippen LogP contribution >= 0.6 is 11.8 Å². The number of thioether (sulfide) groups is 1. The number of hydrogen-bond acceptors (Lipinski definition) is 5. The van der Waals surface area contributed by atoms with Gasteiger partial charge >= 0.3 is 0 Å². The molecule has 3 N–H and O–H groups in total. The van der Waals surface area contributed by atoms with E-state index < -0.39 is 17.8 Å². The molecule has 0 aromatic heterocycles. The van der Waals surface area contributed by atoms with Crippen molar-refractivity contribution >= 4 is 11.8 Å². The van der Waals surface area contributed by atoms with Crippen LogP contribution in [0, 0.1) is 17.8 Å². The zero-order chi connectivity index (χ0) is 13.6. The summed E-state index contributed by atoms with van der Waals surface area (Å²) in [5, 5.41) is 29.8. The van der Waals surface area contributed by atoms with Crippen LogP contribution in [0.5, 0.6) is 0 Å². The average Bonchev–Trinajstić information content (AvgIpc) is 2.53. The van der Waals surface area contributed by atoms with Crippen LogP contribution in [0.3, 0.4) is 0 Å². The lowest BCUT2D eigenvalue weighted by Gasteiger charge is -2.50. The van der Waals surface area contributed by atoms with Crippen molar-refractivity contribution < 1.29 is 20.1 Å². The number of fused-ring (bicyclic) bond motifs is 1. The van der Waals surface area contributed by atoms with E-state index in [4.69, 9.17) is 4.74 Å². The smallest absolute Gasteiger partial charge is 0.181 e. The van der Waals surface area contributed by atoms with Gasteiger partial charge in [-0.2, -0.15) is 0 Å². The second-order valence-electron chi connectivity index (χ2n) is 5.33. The molecule has 1 aliphatic heterocycles. The van der Waals surface area contributed by atoms with Gasteiger partial charge in [-0.25, -0.2) is 0 Å². The Bertz CT molecular complexity index is 454. The van der Waals surface area contributed by atoms with Gasteiger partial charge in [0.15, 0.2) is 5.79 Å². The SMILES string of the molecule is CC1C2[C@@H](Sc3ccccc3)OC2(O)C(CO)[C@H]1O. The maximum absolute atomic E-state index is 10.4. The van der Waals surface area contributed by atoms with Crippen LogP contribution in [0.1, 0.15) is 6.92 Å². The van der Waals surface area contributed by atoms with Gasteiger partial charge in [-0.3, -0.25) is 0 Å². The molecule has 3 rings (SSSR count). The Morgan fingerprint density at radius 3 is 2.63 bits per heavy atom. The first-order valence-corrected chi connectivity index (χ1v) is 7.36. The molecule has 0 radical (unpaired) electrons. The highest BCUT2D eigenvalue weighted by Crippen LogP contribution is 2.59. The number of rotatable bonds is 3. The average molecular weight is 282 g/mol. The summed E-state index contributed by atoms with van der Waals surface area (Å²) in [6, 6.07) is 9.84. The molecule has 4 unspecified atom stereocenters. The van der Waals surface area contributed by atoms with Gasteiger partial charge in [-0.15, -0.1) is 0 Å². The Kier molecular flexibility index (Phi) is 3.35. The summed E-state index contributed by atoms with van der Waals surface area (Å²) in [4.78, 5) is 1.07. The van der Waals surface area contributed by atoms with E-state index in [-0.39, 0.29) is 23.9 Å². The van der Waals surface area contributed by atoms with Crippen molar-refractivity contribution in [1.82, 2.24) is 0 Å². The topological polar surface area (TPSA) is 69.9 Å². The molecule has 19 heavy (non-hydrogen) atoms. The molecule has 4 nitrogen and oxygen atoms in total. The maximum Gasteiger partial charge on any atom is 0.181 e. The van der Waals surface area contributed by atoms with E-state index >= 15 is 0 Å². The highest BCUT2D eigenvalue weighted by molar-refractivity contribution is 7.99. The monoisotopic (exact) mass is 282 g/mol. The molecule has 2 aliphatic rings. The summed E-state index contributed by atoms with van der Waals surface area (Å²) >= 11 is 1.55. The minimum atomic E-state index is -1.37. The number of aliphatic hydroxyl groups is 3. The first kappa shape index (κ1) is 13.4. The van der Waals surface area contributed by atoms with Crippen molar-refractivity contribution in [2.45, 2.75) is 29.1 Å². The van der Waals surface area contributed by atoms with Crippen LogP contribution < -0.4 is 0 Å². The van der Waals surface area contributed by atoms with Gasteiger partial charge in [-0.1, -0.05) is 36.9 Å². The van der Waals surface area contributed by atoms with Crippen molar-refractivity contribution in [1.29, 1.82) is 0 Å². The van der Waals surface area contributed by atoms with Crippen LogP contribution in [0.2, 0.25) is 0 Å². The Morgan fingerprint density at radius 2 is 2.00 bits per heavy atom. The molecule has 0 spiro atoms. The summed E-state index contributed by atoms with van der Waals surface area (Å²) in [6.45, 7) is 1.64. The van der Waals surface area contributed by atoms with Gasteiger partial charge in [0.25, 0.3) is 0 Å². The van der Waals surface area contributed by atoms with Gasteiger partial charge in [0, 0.05) is 4.90 Å². The third kappa shape index (κ3) is 1.92. The summed E-state index contributed by atoms with van der Waals surface area (Å²) < 4.78 is 5.60. The molecule has 0 bridgehead atoms. The molecule has 5 heteroatoms. The van der Waals surface area contributed by atoms with Gasteiger partial charge in [0.2, 0.25) is 0 Å². The minimum absolute atomic E-state index is 0.0860. The van der Waals surface area contributed by atoms with E-state index in [2.05, 4.69) is 0 Å². The third-order valence-electron chi connectivity index (χ3n) is 4.32. The highest BCUT2D eigenvalue weighted by atomic mass is 32.2. The number of aliphatic hydroxyl groups excluding tert-OH is 2. The second kappa shape index (κ2) is 4.75. The van der Waals surface area contributed by atoms with Crippen molar-refractivity contribution in [3.63, 3.8) is 0 Å². The Balaban J connectivity index is 1.76. The number of benzene rings is 1. The standard InChI is InChI=1S/C14H18O4S/c1-8-11-13(19-9-5-3-2-4-6-9)18-14(11,17)10(7-15)12(8)16/h2-6,8,10-13,15-17H,7H2,1H3/t8?,10?,11?,12-,13+,14?/m0/s1. The largest absolute Gasteiger partial charge is 0.396 e. The Morgan fingerprint density at radius 1 is 1.32 bits per heavy atom. The molecule has 1 aliphatic carbocycles. The highest BCUT2D eigenvalue weighted by Gasteiger charge is 2.69. The molecule has 1 saturated heterocycles. The van der Waals surface area contributed by atoms with Crippen molar-refractivity contribution in [2.75, 3.05) is 6.61 Å². The molecule has 1 saturated carbocycles. The first-order valence-electron chi connectivity index (χ1n) is 6.48. The van der Waals surface area contributed by atoms with E-state index in [1.54, 1.807) is 11.8 Å².